The van der Waals surface area contributed by atoms with Gasteiger partial charge in [-0.2, -0.15) is 0 Å². The number of halogens is 1. The van der Waals surface area contributed by atoms with Gasteiger partial charge in [0, 0.05) is 16.7 Å². The molecular weight excluding hydrogens is 285 g/mol. The standard InChI is InChI=1S/C12H18IN/c1-12(2,3)9-14-8-10-4-6-11(13)7-5-10/h4-7,14H,8-9H2,1-3H3. The van der Waals surface area contributed by atoms with E-state index in [1.54, 1.807) is 0 Å². The van der Waals surface area contributed by atoms with Gasteiger partial charge in [-0.3, -0.25) is 0 Å². The summed E-state index contributed by atoms with van der Waals surface area (Å²) in [4.78, 5) is 0. The van der Waals surface area contributed by atoms with Crippen LogP contribution in [0.15, 0.2) is 24.3 Å². The lowest BCUT2D eigenvalue weighted by atomic mass is 9.97. The fourth-order valence-electron chi connectivity index (χ4n) is 1.18. The Bertz CT molecular complexity index is 271. The quantitative estimate of drug-likeness (QED) is 0.844. The summed E-state index contributed by atoms with van der Waals surface area (Å²) in [5.41, 5.74) is 1.72. The van der Waals surface area contributed by atoms with Crippen LogP contribution in [0.2, 0.25) is 0 Å². The molecule has 78 valence electrons. The molecule has 1 aromatic carbocycles. The average molecular weight is 303 g/mol. The molecular formula is C12H18IN. The highest BCUT2D eigenvalue weighted by atomic mass is 127. The largest absolute Gasteiger partial charge is 0.312 e. The molecule has 0 amide bonds. The molecule has 0 fully saturated rings. The lowest BCUT2D eigenvalue weighted by Gasteiger charge is -2.18. The van der Waals surface area contributed by atoms with Crippen LogP contribution in [-0.4, -0.2) is 6.54 Å². The fraction of sp³-hybridized carbons (Fsp3) is 0.500. The molecule has 1 aromatic rings. The van der Waals surface area contributed by atoms with Gasteiger partial charge in [-0.15, -0.1) is 0 Å². The lowest BCUT2D eigenvalue weighted by Crippen LogP contribution is -2.26. The molecule has 0 saturated heterocycles. The van der Waals surface area contributed by atoms with Crippen molar-refractivity contribution in [3.05, 3.63) is 33.4 Å². The summed E-state index contributed by atoms with van der Waals surface area (Å²) < 4.78 is 1.29. The third-order valence-corrected chi connectivity index (χ3v) is 2.62. The van der Waals surface area contributed by atoms with Gasteiger partial charge in [0.2, 0.25) is 0 Å². The van der Waals surface area contributed by atoms with Gasteiger partial charge in [-0.25, -0.2) is 0 Å². The van der Waals surface area contributed by atoms with E-state index in [0.29, 0.717) is 5.41 Å². The van der Waals surface area contributed by atoms with Crippen LogP contribution < -0.4 is 5.32 Å². The number of hydrogen-bond donors (Lipinski definition) is 1. The normalized spacial score (nSPS) is 11.7. The topological polar surface area (TPSA) is 12.0 Å². The van der Waals surface area contributed by atoms with Crippen molar-refractivity contribution in [1.82, 2.24) is 5.32 Å². The zero-order chi connectivity index (χ0) is 10.6. The zero-order valence-corrected chi connectivity index (χ0v) is 11.3. The van der Waals surface area contributed by atoms with Crippen LogP contribution in [0.25, 0.3) is 0 Å². The number of nitrogens with one attached hydrogen (secondary N) is 1. The molecule has 0 bridgehead atoms. The summed E-state index contributed by atoms with van der Waals surface area (Å²) in [6, 6.07) is 8.65. The van der Waals surface area contributed by atoms with E-state index in [9.17, 15) is 0 Å². The van der Waals surface area contributed by atoms with Crippen LogP contribution in [0, 0.1) is 8.99 Å². The minimum absolute atomic E-state index is 0.364. The molecule has 1 nitrogen and oxygen atoms in total. The Balaban J connectivity index is 2.35. The van der Waals surface area contributed by atoms with E-state index < -0.39 is 0 Å². The van der Waals surface area contributed by atoms with Crippen LogP contribution in [0.5, 0.6) is 0 Å². The van der Waals surface area contributed by atoms with Gasteiger partial charge >= 0.3 is 0 Å². The predicted molar refractivity (Wildman–Crippen MR) is 70.3 cm³/mol. The second-order valence-corrected chi connectivity index (χ2v) is 6.04. The highest BCUT2D eigenvalue weighted by molar-refractivity contribution is 14.1. The third-order valence-electron chi connectivity index (χ3n) is 1.90. The van der Waals surface area contributed by atoms with Gasteiger partial charge in [0.05, 0.1) is 0 Å². The minimum atomic E-state index is 0.364. The molecule has 0 aliphatic heterocycles. The molecule has 0 aliphatic rings. The van der Waals surface area contributed by atoms with Gasteiger partial charge < -0.3 is 5.32 Å². The molecule has 1 rings (SSSR count). The van der Waals surface area contributed by atoms with Crippen molar-refractivity contribution in [3.8, 4) is 0 Å². The van der Waals surface area contributed by atoms with E-state index >= 15 is 0 Å². The van der Waals surface area contributed by atoms with Crippen molar-refractivity contribution in [2.45, 2.75) is 27.3 Å². The molecule has 0 spiro atoms. The van der Waals surface area contributed by atoms with E-state index in [1.807, 2.05) is 0 Å². The maximum atomic E-state index is 3.46. The maximum absolute atomic E-state index is 3.46. The van der Waals surface area contributed by atoms with Crippen LogP contribution in [0.3, 0.4) is 0 Å². The van der Waals surface area contributed by atoms with E-state index in [0.717, 1.165) is 13.1 Å². The Morgan fingerprint density at radius 2 is 1.71 bits per heavy atom. The van der Waals surface area contributed by atoms with Crippen molar-refractivity contribution >= 4 is 22.6 Å². The van der Waals surface area contributed by atoms with Gasteiger partial charge in [-0.1, -0.05) is 32.9 Å². The van der Waals surface area contributed by atoms with Crippen LogP contribution in [0.1, 0.15) is 26.3 Å². The Morgan fingerprint density at radius 1 is 1.14 bits per heavy atom. The van der Waals surface area contributed by atoms with E-state index in [-0.39, 0.29) is 0 Å². The summed E-state index contributed by atoms with van der Waals surface area (Å²) >= 11 is 2.33. The van der Waals surface area contributed by atoms with Crippen molar-refractivity contribution in [2.24, 2.45) is 5.41 Å². The summed E-state index contributed by atoms with van der Waals surface area (Å²) in [5, 5.41) is 3.46. The first-order chi connectivity index (χ1) is 6.47. The van der Waals surface area contributed by atoms with E-state index in [1.165, 1.54) is 9.13 Å². The molecule has 0 aliphatic carbocycles. The van der Waals surface area contributed by atoms with Crippen LogP contribution in [-0.2, 0) is 6.54 Å². The second-order valence-electron chi connectivity index (χ2n) is 4.79. The summed E-state index contributed by atoms with van der Waals surface area (Å²) in [5.74, 6) is 0. The smallest absolute Gasteiger partial charge is 0.0205 e. The first-order valence-electron chi connectivity index (χ1n) is 4.92. The third kappa shape index (κ3) is 4.96. The van der Waals surface area contributed by atoms with Crippen molar-refractivity contribution < 1.29 is 0 Å². The molecule has 0 atom stereocenters. The number of hydrogen-bond acceptors (Lipinski definition) is 1. The highest BCUT2D eigenvalue weighted by Gasteiger charge is 2.08. The van der Waals surface area contributed by atoms with Gasteiger partial charge in [0.1, 0.15) is 0 Å². The molecule has 2 heteroatoms. The first kappa shape index (κ1) is 12.0. The number of rotatable bonds is 3. The maximum Gasteiger partial charge on any atom is 0.0205 e. The second kappa shape index (κ2) is 5.12. The number of benzene rings is 1. The molecule has 0 radical (unpaired) electrons. The van der Waals surface area contributed by atoms with Gasteiger partial charge in [0.25, 0.3) is 0 Å². The SMILES string of the molecule is CC(C)(C)CNCc1ccc(I)cc1. The molecule has 0 saturated carbocycles. The van der Waals surface area contributed by atoms with Crippen LogP contribution in [0.4, 0.5) is 0 Å². The predicted octanol–water partition coefficient (Wildman–Crippen LogP) is 3.43. The monoisotopic (exact) mass is 303 g/mol. The summed E-state index contributed by atoms with van der Waals surface area (Å²) in [6.45, 7) is 8.75. The molecule has 0 aromatic heterocycles. The average Bonchev–Trinajstić information content (AvgIpc) is 2.06. The van der Waals surface area contributed by atoms with Gasteiger partial charge in [0.15, 0.2) is 0 Å². The van der Waals surface area contributed by atoms with E-state index in [2.05, 4.69) is 72.9 Å². The minimum Gasteiger partial charge on any atom is -0.312 e. The summed E-state index contributed by atoms with van der Waals surface area (Å²) in [6.07, 6.45) is 0. The first-order valence-corrected chi connectivity index (χ1v) is 6.00. The molecule has 0 heterocycles. The molecule has 1 N–H and O–H groups in total. The molecule has 14 heavy (non-hydrogen) atoms. The lowest BCUT2D eigenvalue weighted by molar-refractivity contribution is 0.379. The Hall–Kier alpha value is -0.0900. The zero-order valence-electron chi connectivity index (χ0n) is 9.10. The van der Waals surface area contributed by atoms with Crippen molar-refractivity contribution in [3.63, 3.8) is 0 Å². The molecule has 0 unspecified atom stereocenters. The fourth-order valence-corrected chi connectivity index (χ4v) is 1.54. The Kier molecular flexibility index (Phi) is 4.38. The van der Waals surface area contributed by atoms with Crippen LogP contribution >= 0.6 is 22.6 Å². The Morgan fingerprint density at radius 3 is 2.21 bits per heavy atom. The van der Waals surface area contributed by atoms with Crippen molar-refractivity contribution in [1.29, 1.82) is 0 Å². The Labute approximate surface area is 100 Å². The highest BCUT2D eigenvalue weighted by Crippen LogP contribution is 2.11. The summed E-state index contributed by atoms with van der Waals surface area (Å²) in [7, 11) is 0. The van der Waals surface area contributed by atoms with Gasteiger partial charge in [-0.05, 0) is 45.7 Å². The van der Waals surface area contributed by atoms with Crippen molar-refractivity contribution in [2.75, 3.05) is 6.54 Å². The van der Waals surface area contributed by atoms with E-state index in [4.69, 9.17) is 0 Å².